The smallest absolute Gasteiger partial charge is 0.0878 e. The van der Waals surface area contributed by atoms with Crippen LogP contribution in [0.3, 0.4) is 0 Å². The summed E-state index contributed by atoms with van der Waals surface area (Å²) in [5.74, 6) is 0. The molecule has 0 fully saturated rings. The minimum atomic E-state index is 0.910. The van der Waals surface area contributed by atoms with Crippen LogP contribution in [0.5, 0.6) is 0 Å². The molecular formula is C11H7BrN4. The molecule has 0 aliphatic rings. The van der Waals surface area contributed by atoms with E-state index in [1.165, 1.54) is 0 Å². The fourth-order valence-electron chi connectivity index (χ4n) is 1.56. The molecule has 0 unspecified atom stereocenters. The summed E-state index contributed by atoms with van der Waals surface area (Å²) in [6.07, 6.45) is 5.08. The van der Waals surface area contributed by atoms with Gasteiger partial charge in [0.15, 0.2) is 0 Å². The monoisotopic (exact) mass is 274 g/mol. The van der Waals surface area contributed by atoms with E-state index in [0.29, 0.717) is 0 Å². The van der Waals surface area contributed by atoms with Crippen molar-refractivity contribution in [1.82, 2.24) is 20.0 Å². The van der Waals surface area contributed by atoms with E-state index in [-0.39, 0.29) is 0 Å². The number of rotatable bonds is 1. The highest BCUT2D eigenvalue weighted by Crippen LogP contribution is 2.19. The standard InChI is InChI=1S/C11H7BrN4/c12-9-5-8-1-2-10(6-11(8)13-7-9)16-14-3-4-15-16/h1-7H. The Balaban J connectivity index is 2.20. The van der Waals surface area contributed by atoms with Crippen LogP contribution in [0.4, 0.5) is 0 Å². The summed E-state index contributed by atoms with van der Waals surface area (Å²) in [4.78, 5) is 5.91. The molecule has 3 rings (SSSR count). The molecule has 2 aromatic heterocycles. The lowest BCUT2D eigenvalue weighted by molar-refractivity contribution is 0.753. The number of pyridine rings is 1. The van der Waals surface area contributed by atoms with Crippen LogP contribution in [0, 0.1) is 0 Å². The van der Waals surface area contributed by atoms with E-state index in [1.54, 1.807) is 23.4 Å². The van der Waals surface area contributed by atoms with Crippen LogP contribution < -0.4 is 0 Å². The van der Waals surface area contributed by atoms with Gasteiger partial charge in [-0.2, -0.15) is 15.0 Å². The van der Waals surface area contributed by atoms with Gasteiger partial charge in [0, 0.05) is 16.1 Å². The predicted molar refractivity (Wildman–Crippen MR) is 64.4 cm³/mol. The summed E-state index contributed by atoms with van der Waals surface area (Å²) in [7, 11) is 0. The number of nitrogens with zero attached hydrogens (tertiary/aromatic N) is 4. The topological polar surface area (TPSA) is 43.6 Å². The van der Waals surface area contributed by atoms with Crippen LogP contribution in [0.15, 0.2) is 47.3 Å². The van der Waals surface area contributed by atoms with Gasteiger partial charge in [-0.3, -0.25) is 4.98 Å². The van der Waals surface area contributed by atoms with Crippen LogP contribution in [0.25, 0.3) is 16.6 Å². The predicted octanol–water partition coefficient (Wildman–Crippen LogP) is 2.58. The number of fused-ring (bicyclic) bond motifs is 1. The molecule has 2 heterocycles. The van der Waals surface area contributed by atoms with Crippen molar-refractivity contribution >= 4 is 26.8 Å². The third-order valence-corrected chi connectivity index (χ3v) is 2.72. The average molecular weight is 275 g/mol. The van der Waals surface area contributed by atoms with Crippen LogP contribution in [0.2, 0.25) is 0 Å². The number of halogens is 1. The lowest BCUT2D eigenvalue weighted by atomic mass is 10.2. The van der Waals surface area contributed by atoms with Gasteiger partial charge in [0.25, 0.3) is 0 Å². The van der Waals surface area contributed by atoms with Crippen molar-refractivity contribution in [2.45, 2.75) is 0 Å². The highest BCUT2D eigenvalue weighted by atomic mass is 79.9. The van der Waals surface area contributed by atoms with Gasteiger partial charge in [0.05, 0.1) is 23.6 Å². The minimum absolute atomic E-state index is 0.910. The number of benzene rings is 1. The van der Waals surface area contributed by atoms with Gasteiger partial charge in [-0.25, -0.2) is 0 Å². The fraction of sp³-hybridized carbons (Fsp3) is 0. The molecule has 3 aromatic rings. The van der Waals surface area contributed by atoms with Crippen LogP contribution in [0.1, 0.15) is 0 Å². The Kier molecular flexibility index (Phi) is 2.18. The van der Waals surface area contributed by atoms with Crippen molar-refractivity contribution in [3.63, 3.8) is 0 Å². The van der Waals surface area contributed by atoms with Crippen LogP contribution in [-0.2, 0) is 0 Å². The summed E-state index contributed by atoms with van der Waals surface area (Å²) in [6, 6.07) is 7.96. The van der Waals surface area contributed by atoms with Crippen molar-refractivity contribution < 1.29 is 0 Å². The summed E-state index contributed by atoms with van der Waals surface area (Å²) < 4.78 is 0.977. The minimum Gasteiger partial charge on any atom is -0.255 e. The van der Waals surface area contributed by atoms with Gasteiger partial charge >= 0.3 is 0 Å². The molecule has 16 heavy (non-hydrogen) atoms. The van der Waals surface area contributed by atoms with Gasteiger partial charge in [-0.15, -0.1) is 0 Å². The quantitative estimate of drug-likeness (QED) is 0.685. The first-order valence-corrected chi connectivity index (χ1v) is 5.54. The van der Waals surface area contributed by atoms with Crippen LogP contribution >= 0.6 is 15.9 Å². The molecular weight excluding hydrogens is 268 g/mol. The van der Waals surface area contributed by atoms with Crippen molar-refractivity contribution in [1.29, 1.82) is 0 Å². The van der Waals surface area contributed by atoms with E-state index < -0.39 is 0 Å². The molecule has 1 aromatic carbocycles. The Hall–Kier alpha value is -1.75. The SMILES string of the molecule is Brc1cnc2cc(-n3nccn3)ccc2c1. The zero-order chi connectivity index (χ0) is 11.0. The van der Waals surface area contributed by atoms with E-state index in [1.807, 2.05) is 24.3 Å². The molecule has 0 radical (unpaired) electrons. The Labute approximate surface area is 100 Å². The first kappa shape index (κ1) is 9.47. The second kappa shape index (κ2) is 3.68. The highest BCUT2D eigenvalue weighted by molar-refractivity contribution is 9.10. The van der Waals surface area contributed by atoms with Gasteiger partial charge in [-0.05, 0) is 34.1 Å². The molecule has 0 saturated carbocycles. The first-order valence-electron chi connectivity index (χ1n) is 4.75. The van der Waals surface area contributed by atoms with Gasteiger partial charge in [0.1, 0.15) is 0 Å². The third-order valence-electron chi connectivity index (χ3n) is 2.28. The summed E-state index contributed by atoms with van der Waals surface area (Å²) in [5, 5.41) is 9.25. The average Bonchev–Trinajstić information content (AvgIpc) is 2.82. The lowest BCUT2D eigenvalue weighted by Gasteiger charge is -2.02. The normalized spacial score (nSPS) is 10.8. The van der Waals surface area contributed by atoms with E-state index in [2.05, 4.69) is 31.1 Å². The molecule has 0 aliphatic heterocycles. The first-order chi connectivity index (χ1) is 7.83. The van der Waals surface area contributed by atoms with Crippen molar-refractivity contribution in [3.8, 4) is 5.69 Å². The van der Waals surface area contributed by atoms with E-state index >= 15 is 0 Å². The van der Waals surface area contributed by atoms with Gasteiger partial charge in [0.2, 0.25) is 0 Å². The second-order valence-corrected chi connectivity index (χ2v) is 4.26. The zero-order valence-electron chi connectivity index (χ0n) is 8.21. The molecule has 0 N–H and O–H groups in total. The summed E-state index contributed by atoms with van der Waals surface area (Å²) in [6.45, 7) is 0. The third kappa shape index (κ3) is 1.59. The van der Waals surface area contributed by atoms with Crippen molar-refractivity contribution in [2.75, 3.05) is 0 Å². The molecule has 0 aliphatic carbocycles. The summed E-state index contributed by atoms with van der Waals surface area (Å²) >= 11 is 3.40. The Morgan fingerprint density at radius 3 is 2.69 bits per heavy atom. The van der Waals surface area contributed by atoms with Gasteiger partial charge < -0.3 is 0 Å². The van der Waals surface area contributed by atoms with Crippen molar-refractivity contribution in [2.24, 2.45) is 0 Å². The zero-order valence-corrected chi connectivity index (χ0v) is 9.79. The Morgan fingerprint density at radius 1 is 1.06 bits per heavy atom. The fourth-order valence-corrected chi connectivity index (χ4v) is 1.91. The number of hydrogen-bond donors (Lipinski definition) is 0. The molecule has 0 atom stereocenters. The largest absolute Gasteiger partial charge is 0.255 e. The Bertz CT molecular complexity index is 634. The summed E-state index contributed by atoms with van der Waals surface area (Å²) in [5.41, 5.74) is 1.84. The lowest BCUT2D eigenvalue weighted by Crippen LogP contribution is -1.98. The number of hydrogen-bond acceptors (Lipinski definition) is 3. The van der Waals surface area contributed by atoms with Gasteiger partial charge in [-0.1, -0.05) is 6.07 Å². The maximum Gasteiger partial charge on any atom is 0.0878 e. The Morgan fingerprint density at radius 2 is 1.88 bits per heavy atom. The molecule has 0 bridgehead atoms. The highest BCUT2D eigenvalue weighted by Gasteiger charge is 2.01. The maximum absolute atomic E-state index is 4.34. The second-order valence-electron chi connectivity index (χ2n) is 3.35. The molecule has 0 saturated heterocycles. The molecule has 0 spiro atoms. The van der Waals surface area contributed by atoms with Crippen molar-refractivity contribution in [3.05, 3.63) is 47.3 Å². The molecule has 78 valence electrons. The van der Waals surface area contributed by atoms with E-state index in [0.717, 1.165) is 21.1 Å². The molecule has 5 heteroatoms. The van der Waals surface area contributed by atoms with E-state index in [4.69, 9.17) is 0 Å². The number of aromatic nitrogens is 4. The molecule has 4 nitrogen and oxygen atoms in total. The molecule has 0 amide bonds. The van der Waals surface area contributed by atoms with Crippen LogP contribution in [-0.4, -0.2) is 20.0 Å². The maximum atomic E-state index is 4.34. The van der Waals surface area contributed by atoms with E-state index in [9.17, 15) is 0 Å².